The summed E-state index contributed by atoms with van der Waals surface area (Å²) in [4.78, 5) is 72.6. The van der Waals surface area contributed by atoms with E-state index in [2.05, 4.69) is 10.3 Å². The second-order valence-electron chi connectivity index (χ2n) is 21.6. The van der Waals surface area contributed by atoms with E-state index in [9.17, 15) is 39.3 Å². The molecule has 18 nitrogen and oxygen atoms in total. The van der Waals surface area contributed by atoms with E-state index in [0.717, 1.165) is 12.0 Å². The highest BCUT2D eigenvalue weighted by atomic mass is 16.6. The Kier molecular flexibility index (Phi) is 23.5. The van der Waals surface area contributed by atoms with Gasteiger partial charge in [-0.3, -0.25) is 19.2 Å². The Morgan fingerprint density at radius 3 is 2.35 bits per heavy atom. The molecule has 1 aromatic heterocycles. The molecule has 4 heterocycles. The number of cyclic esters (lactones) is 1. The Hall–Kier alpha value is -4.27. The number of Topliss-reactive ketones (excluding diaryl/α,β-unsaturated/α-hetero) is 3. The van der Waals surface area contributed by atoms with Crippen LogP contribution in [0.2, 0.25) is 0 Å². The molecule has 3 fully saturated rings. The lowest BCUT2D eigenvalue weighted by Crippen LogP contribution is -2.61. The zero-order valence-electron chi connectivity index (χ0n) is 45.6. The molecule has 2 bridgehead atoms. The molecule has 15 atom stereocenters. The molecule has 3 N–H and O–H groups in total. The molecule has 74 heavy (non-hydrogen) atoms. The maximum Gasteiger partial charge on any atom is 0.329 e. The molecule has 0 spiro atoms. The predicted molar refractivity (Wildman–Crippen MR) is 275 cm³/mol. The van der Waals surface area contributed by atoms with Gasteiger partial charge in [0.25, 0.3) is 11.7 Å². The number of aliphatic hydroxyl groups is 3. The molecular weight excluding hydrogens is 953 g/mol. The summed E-state index contributed by atoms with van der Waals surface area (Å²) in [6.07, 6.45) is 13.5. The fraction of sp³-hybridized carbons (Fsp3) is 0.732. The van der Waals surface area contributed by atoms with Crippen LogP contribution >= 0.6 is 0 Å². The fourth-order valence-electron chi connectivity index (χ4n) is 11.1. The number of carbonyl (C=O) groups excluding carboxylic acids is 5. The van der Waals surface area contributed by atoms with Crippen molar-refractivity contribution in [2.75, 3.05) is 34.5 Å². The van der Waals surface area contributed by atoms with Gasteiger partial charge in [0.05, 0.1) is 56.5 Å². The molecule has 414 valence electrons. The molecular formula is C56H86N4O14. The summed E-state index contributed by atoms with van der Waals surface area (Å²) in [5, 5.41) is 41.0. The van der Waals surface area contributed by atoms with E-state index in [1.165, 1.54) is 12.0 Å². The van der Waals surface area contributed by atoms with E-state index in [4.69, 9.17) is 28.4 Å². The summed E-state index contributed by atoms with van der Waals surface area (Å²) in [5.74, 6) is -8.07. The fourth-order valence-corrected chi connectivity index (χ4v) is 11.1. The Balaban J connectivity index is 1.43. The molecule has 1 amide bonds. The average Bonchev–Trinajstić information content (AvgIpc) is 3.84. The number of nitrogens with zero attached hydrogens (tertiary/aromatic N) is 4. The van der Waals surface area contributed by atoms with Gasteiger partial charge < -0.3 is 48.6 Å². The normalized spacial score (nSPS) is 35.4. The standard InChI is InChI=1S/C56H86N4O14/c1-34-16-12-11-13-17-35(2)47(69-8)30-43-21-19-40(7)56(68,74-43)53(65)54(66)60-23-15-14-18-44(60)55(67)73-48(31-45(62)36(3)27-39(6)51(64)52(71-10)50(63)38(5)26-34)37(4)28-41-20-22-46(49(29-41)70-9)72-33-42-32-59(24-25-61)58-57-42/h11-13,16-17,27,32,34,37-41,43-44,46-49,51-52,61,64,68H,14-15,18-26,28-31,33H2,1-10H3/b13-11?,16-12?,35-17?,36-27+/t34-,37-,38-,39?,40-,41+,43+,44+,46-,47+,48+,49-,51-,52+,56-/m1/s1. The van der Waals surface area contributed by atoms with Gasteiger partial charge in [-0.05, 0) is 107 Å². The molecule has 18 heteroatoms. The number of ether oxygens (including phenoxy) is 6. The lowest BCUT2D eigenvalue weighted by Gasteiger charge is -2.42. The van der Waals surface area contributed by atoms with Crippen LogP contribution in [0.15, 0.2) is 53.8 Å². The van der Waals surface area contributed by atoms with Crippen molar-refractivity contribution in [2.45, 2.75) is 193 Å². The van der Waals surface area contributed by atoms with Crippen molar-refractivity contribution in [1.29, 1.82) is 0 Å². The highest BCUT2D eigenvalue weighted by molar-refractivity contribution is 6.39. The second-order valence-corrected chi connectivity index (χ2v) is 21.6. The number of fused-ring (bicyclic) bond motifs is 3. The number of rotatable bonds is 11. The van der Waals surface area contributed by atoms with E-state index in [0.29, 0.717) is 75.6 Å². The molecule has 2 saturated heterocycles. The second kappa shape index (κ2) is 28.7. The summed E-state index contributed by atoms with van der Waals surface area (Å²) in [7, 11) is 4.60. The number of hydrogen-bond donors (Lipinski definition) is 3. The molecule has 0 aromatic carbocycles. The van der Waals surface area contributed by atoms with Gasteiger partial charge >= 0.3 is 5.97 Å². The minimum absolute atomic E-state index is 0.0111. The van der Waals surface area contributed by atoms with E-state index in [-0.39, 0.29) is 74.1 Å². The number of piperidine rings is 1. The summed E-state index contributed by atoms with van der Waals surface area (Å²) in [5.41, 5.74) is 1.81. The molecule has 1 aromatic rings. The number of esters is 1. The van der Waals surface area contributed by atoms with Gasteiger partial charge in [0.1, 0.15) is 23.9 Å². The van der Waals surface area contributed by atoms with E-state index >= 15 is 0 Å². The van der Waals surface area contributed by atoms with Gasteiger partial charge in [0, 0.05) is 58.5 Å². The summed E-state index contributed by atoms with van der Waals surface area (Å²) in [6, 6.07) is -1.16. The van der Waals surface area contributed by atoms with Crippen LogP contribution in [0.25, 0.3) is 0 Å². The van der Waals surface area contributed by atoms with Crippen molar-refractivity contribution >= 4 is 29.2 Å². The first-order chi connectivity index (χ1) is 35.2. The van der Waals surface area contributed by atoms with Gasteiger partial charge in [-0.1, -0.05) is 76.3 Å². The molecule has 0 radical (unpaired) electrons. The SMILES string of the molecule is CO[C@H]1C[C@@H]2CC[C@@H](C)[C@@](O)(O2)C(=O)C(=O)N2CCCC[C@H]2C(=O)O[C@H]([C@H](C)C[C@@H]2CC[C@@H](OCc3cn(CCO)nn3)[C@H](OC)C2)CC(=O)/C(C)=C/C(C)[C@@H](O)[C@@H](OC)C(=O)[C@H](C)C[C@H](C)C=CC=CC=C1C. The van der Waals surface area contributed by atoms with Crippen LogP contribution in [0.1, 0.15) is 131 Å². The van der Waals surface area contributed by atoms with E-state index in [1.807, 2.05) is 58.1 Å². The van der Waals surface area contributed by atoms with Gasteiger partial charge in [-0.25, -0.2) is 9.48 Å². The number of hydrogen-bond acceptors (Lipinski definition) is 16. The Morgan fingerprint density at radius 2 is 1.65 bits per heavy atom. The van der Waals surface area contributed by atoms with Gasteiger partial charge in [0.2, 0.25) is 5.79 Å². The Labute approximate surface area is 438 Å². The van der Waals surface area contributed by atoms with Gasteiger partial charge in [0.15, 0.2) is 11.6 Å². The first kappa shape index (κ1) is 60.6. The van der Waals surface area contributed by atoms with Crippen LogP contribution in [-0.4, -0.2) is 153 Å². The molecule has 4 aliphatic rings. The number of ketones is 3. The zero-order chi connectivity index (χ0) is 54.3. The molecule has 3 aliphatic heterocycles. The van der Waals surface area contributed by atoms with Crippen molar-refractivity contribution in [2.24, 2.45) is 35.5 Å². The topological polar surface area (TPSA) is 235 Å². The highest BCUT2D eigenvalue weighted by Crippen LogP contribution is 2.38. The van der Waals surface area contributed by atoms with Crippen LogP contribution in [0.4, 0.5) is 0 Å². The summed E-state index contributed by atoms with van der Waals surface area (Å²) >= 11 is 0. The number of allylic oxidation sites excluding steroid dienone is 6. The van der Waals surface area contributed by atoms with Crippen LogP contribution < -0.4 is 0 Å². The molecule has 1 aliphatic carbocycles. The number of carbonyl (C=O) groups is 5. The minimum atomic E-state index is -2.45. The zero-order valence-corrected chi connectivity index (χ0v) is 45.6. The largest absolute Gasteiger partial charge is 0.460 e. The molecule has 1 unspecified atom stereocenters. The third-order valence-corrected chi connectivity index (χ3v) is 15.8. The quantitative estimate of drug-likeness (QED) is 0.171. The smallest absolute Gasteiger partial charge is 0.329 e. The number of methoxy groups -OCH3 is 3. The van der Waals surface area contributed by atoms with Crippen molar-refractivity contribution in [3.8, 4) is 0 Å². The average molecular weight is 1040 g/mol. The number of aliphatic hydroxyl groups excluding tert-OH is 2. The third-order valence-electron chi connectivity index (χ3n) is 15.8. The molecule has 5 rings (SSSR count). The van der Waals surface area contributed by atoms with Crippen molar-refractivity contribution in [1.82, 2.24) is 19.9 Å². The van der Waals surface area contributed by atoms with Crippen LogP contribution in [0.5, 0.6) is 0 Å². The van der Waals surface area contributed by atoms with Gasteiger partial charge in [-0.15, -0.1) is 5.10 Å². The van der Waals surface area contributed by atoms with Crippen LogP contribution in [-0.2, 0) is 65.5 Å². The predicted octanol–water partition coefficient (Wildman–Crippen LogP) is 5.99. The summed E-state index contributed by atoms with van der Waals surface area (Å²) < 4.78 is 37.8. The van der Waals surface area contributed by atoms with E-state index < -0.39 is 77.8 Å². The summed E-state index contributed by atoms with van der Waals surface area (Å²) in [6.45, 7) is 13.3. The first-order valence-electron chi connectivity index (χ1n) is 26.9. The van der Waals surface area contributed by atoms with Crippen molar-refractivity contribution in [3.05, 3.63) is 59.5 Å². The molecule has 1 saturated carbocycles. The van der Waals surface area contributed by atoms with Crippen LogP contribution in [0.3, 0.4) is 0 Å². The van der Waals surface area contributed by atoms with Crippen molar-refractivity contribution in [3.63, 3.8) is 0 Å². The van der Waals surface area contributed by atoms with Gasteiger partial charge in [-0.2, -0.15) is 0 Å². The number of aromatic nitrogens is 3. The third kappa shape index (κ3) is 16.1. The lowest BCUT2D eigenvalue weighted by atomic mass is 9.78. The monoisotopic (exact) mass is 1040 g/mol. The maximum atomic E-state index is 14.6. The highest BCUT2D eigenvalue weighted by Gasteiger charge is 2.53. The first-order valence-corrected chi connectivity index (χ1v) is 26.9. The Morgan fingerprint density at radius 1 is 0.892 bits per heavy atom. The maximum absolute atomic E-state index is 14.6. The minimum Gasteiger partial charge on any atom is -0.460 e. The Bertz CT molecular complexity index is 2160. The van der Waals surface area contributed by atoms with Crippen molar-refractivity contribution < 1.29 is 67.7 Å². The van der Waals surface area contributed by atoms with E-state index in [1.54, 1.807) is 51.9 Å². The number of amides is 1. The lowest BCUT2D eigenvalue weighted by molar-refractivity contribution is -0.265. The van der Waals surface area contributed by atoms with Crippen LogP contribution in [0, 0.1) is 35.5 Å².